The Balaban J connectivity index is 1.86. The van der Waals surface area contributed by atoms with E-state index >= 15 is 0 Å². The molecule has 1 fully saturated rings. The first kappa shape index (κ1) is 34.8. The van der Waals surface area contributed by atoms with Crippen LogP contribution in [0.3, 0.4) is 0 Å². The number of fused-ring (bicyclic) bond motifs is 1. The molecule has 2 aromatic rings. The monoisotopic (exact) mass is 631 g/mol. The molecule has 1 aliphatic rings. The molecule has 0 amide bonds. The highest BCUT2D eigenvalue weighted by Gasteiger charge is 2.54. The van der Waals surface area contributed by atoms with Gasteiger partial charge in [0.1, 0.15) is 29.7 Å². The highest BCUT2D eigenvalue weighted by atomic mass is 31.2. The average Bonchev–Trinajstić information content (AvgIpc) is 3.42. The predicted molar refractivity (Wildman–Crippen MR) is 151 cm³/mol. The second kappa shape index (κ2) is 14.4. The number of imidazole rings is 1. The zero-order chi connectivity index (χ0) is 32.1. The molecule has 2 aromatic heterocycles. The van der Waals surface area contributed by atoms with Gasteiger partial charge in [-0.25, -0.2) is 24.4 Å². The first-order valence-corrected chi connectivity index (χ1v) is 15.5. The summed E-state index contributed by atoms with van der Waals surface area (Å²) in [6.45, 7) is 10.4. The van der Waals surface area contributed by atoms with Gasteiger partial charge in [-0.2, -0.15) is 4.98 Å². The molecule has 0 bridgehead atoms. The Kier molecular flexibility index (Phi) is 11.6. The van der Waals surface area contributed by atoms with Crippen LogP contribution in [0.25, 0.3) is 11.2 Å². The minimum atomic E-state index is -4.44. The molecule has 0 radical (unpaired) electrons. The number of methoxy groups -OCH3 is 1. The van der Waals surface area contributed by atoms with Crippen LogP contribution < -0.4 is 9.82 Å². The maximum absolute atomic E-state index is 13.9. The van der Waals surface area contributed by atoms with Crippen molar-refractivity contribution in [2.24, 2.45) is 5.92 Å². The van der Waals surface area contributed by atoms with E-state index in [0.717, 1.165) is 0 Å². The number of rotatable bonds is 15. The number of hydrogen-bond acceptors (Lipinski definition) is 14. The van der Waals surface area contributed by atoms with E-state index in [-0.39, 0.29) is 30.5 Å². The van der Waals surface area contributed by atoms with Crippen molar-refractivity contribution in [3.63, 3.8) is 0 Å². The van der Waals surface area contributed by atoms with Gasteiger partial charge in [0.15, 0.2) is 24.0 Å². The molecule has 17 heteroatoms. The maximum Gasteiger partial charge on any atom is 0.406 e. The van der Waals surface area contributed by atoms with Gasteiger partial charge in [-0.15, -0.1) is 0 Å². The Labute approximate surface area is 250 Å². The molecule has 0 aromatic carbocycles. The minimum absolute atomic E-state index is 0.0253. The molecule has 3 heterocycles. The molecule has 2 unspecified atom stereocenters. The summed E-state index contributed by atoms with van der Waals surface area (Å²) in [6.07, 6.45) is -2.87. The van der Waals surface area contributed by atoms with Crippen LogP contribution in [-0.2, 0) is 37.4 Å². The summed E-state index contributed by atoms with van der Waals surface area (Å²) < 4.78 is 47.7. The third-order valence-electron chi connectivity index (χ3n) is 6.43. The van der Waals surface area contributed by atoms with E-state index in [4.69, 9.17) is 28.0 Å². The number of esters is 2. The number of aryl methyl sites for hydroxylation is 1. The van der Waals surface area contributed by atoms with E-state index in [2.05, 4.69) is 20.0 Å². The van der Waals surface area contributed by atoms with Crippen LogP contribution in [0.2, 0.25) is 0 Å². The smallest absolute Gasteiger partial charge is 0.406 e. The van der Waals surface area contributed by atoms with Crippen LogP contribution in [0.5, 0.6) is 5.88 Å². The minimum Gasteiger partial charge on any atom is -0.479 e. The normalized spacial score (nSPS) is 24.3. The van der Waals surface area contributed by atoms with Gasteiger partial charge in [0, 0.05) is 0 Å². The van der Waals surface area contributed by atoms with Crippen LogP contribution >= 0.6 is 7.75 Å². The van der Waals surface area contributed by atoms with E-state index in [1.54, 1.807) is 27.7 Å². The molecule has 242 valence electrons. The van der Waals surface area contributed by atoms with Crippen molar-refractivity contribution < 1.29 is 52.4 Å². The third-order valence-corrected chi connectivity index (χ3v) is 8.01. The summed E-state index contributed by atoms with van der Waals surface area (Å²) in [5, 5.41) is 24.9. The van der Waals surface area contributed by atoms with Crippen LogP contribution in [0, 0.1) is 12.8 Å². The predicted octanol–water partition coefficient (Wildman–Crippen LogP) is 1.81. The topological polar surface area (TPSA) is 203 Å². The quantitative estimate of drug-likeness (QED) is 0.189. The fraction of sp³-hybridized carbons (Fsp3) is 0.731. The standard InChI is InChI=1S/C26H42N5O11P/c1-9-38-19(32)12-40-43(36,30-17(10-14(2)3)24(34)41-15(4)5)39-11-18-21(33)26(7,35)25(42-18)31-13-27-20-22(31)28-16(6)29-23(20)37-8/h13-15,17-18,21,25,33,35H,9-12H2,1-8H3,(H,30,36)/t17-,18-,21?,25-,26+,43?/m1/s1. The highest BCUT2D eigenvalue weighted by Crippen LogP contribution is 2.47. The number of hydrogen-bond donors (Lipinski definition) is 3. The van der Waals surface area contributed by atoms with Crippen LogP contribution in [0.4, 0.5) is 0 Å². The lowest BCUT2D eigenvalue weighted by atomic mass is 9.96. The highest BCUT2D eigenvalue weighted by molar-refractivity contribution is 7.51. The molecule has 3 N–H and O–H groups in total. The molecule has 16 nitrogen and oxygen atoms in total. The Morgan fingerprint density at radius 2 is 1.93 bits per heavy atom. The van der Waals surface area contributed by atoms with Crippen molar-refractivity contribution in [2.45, 2.75) is 91.1 Å². The number of aromatic nitrogens is 4. The van der Waals surface area contributed by atoms with Crippen molar-refractivity contribution in [1.29, 1.82) is 0 Å². The van der Waals surface area contributed by atoms with Gasteiger partial charge in [-0.05, 0) is 47.0 Å². The first-order chi connectivity index (χ1) is 20.1. The van der Waals surface area contributed by atoms with Crippen molar-refractivity contribution >= 4 is 30.8 Å². The van der Waals surface area contributed by atoms with E-state index < -0.39 is 69.1 Å². The summed E-state index contributed by atoms with van der Waals surface area (Å²) in [4.78, 5) is 37.7. The molecule has 0 spiro atoms. The number of aliphatic hydroxyl groups is 2. The molecule has 3 rings (SSSR count). The van der Waals surface area contributed by atoms with Crippen molar-refractivity contribution in [1.82, 2.24) is 24.6 Å². The number of carbonyl (C=O) groups is 2. The Bertz CT molecular complexity index is 1320. The SMILES string of the molecule is CCOC(=O)COP(=O)(N[C@H](CC(C)C)C(=O)OC(C)C)OC[C@H]1O[C@@H](n2cnc3c(OC)nc(C)nc32)[C@@](C)(O)C1O. The lowest BCUT2D eigenvalue weighted by molar-refractivity contribution is -0.150. The maximum atomic E-state index is 13.9. The van der Waals surface area contributed by atoms with Gasteiger partial charge in [-0.3, -0.25) is 18.4 Å². The van der Waals surface area contributed by atoms with Crippen LogP contribution in [0.1, 0.15) is 60.0 Å². The van der Waals surface area contributed by atoms with Crippen LogP contribution in [0.15, 0.2) is 6.33 Å². The summed E-state index contributed by atoms with van der Waals surface area (Å²) >= 11 is 0. The van der Waals surface area contributed by atoms with E-state index in [1.165, 1.54) is 24.9 Å². The lowest BCUT2D eigenvalue weighted by Crippen LogP contribution is -2.44. The number of nitrogens with zero attached hydrogens (tertiary/aromatic N) is 4. The molecule has 0 saturated carbocycles. The molecular formula is C26H42N5O11P. The lowest BCUT2D eigenvalue weighted by Gasteiger charge is -2.28. The number of nitrogens with one attached hydrogen (secondary N) is 1. The van der Waals surface area contributed by atoms with Gasteiger partial charge in [0.05, 0.1) is 32.8 Å². The van der Waals surface area contributed by atoms with E-state index in [0.29, 0.717) is 11.3 Å². The largest absolute Gasteiger partial charge is 0.479 e. The Morgan fingerprint density at radius 3 is 2.53 bits per heavy atom. The van der Waals surface area contributed by atoms with Crippen molar-refractivity contribution in [3.8, 4) is 5.88 Å². The number of carbonyl (C=O) groups excluding carboxylic acids is 2. The van der Waals surface area contributed by atoms with Gasteiger partial charge in [0.2, 0.25) is 5.88 Å². The van der Waals surface area contributed by atoms with E-state index in [9.17, 15) is 24.4 Å². The molecular weight excluding hydrogens is 589 g/mol. The molecule has 43 heavy (non-hydrogen) atoms. The summed E-state index contributed by atoms with van der Waals surface area (Å²) in [7, 11) is -3.01. The van der Waals surface area contributed by atoms with E-state index in [1.807, 2.05) is 13.8 Å². The summed E-state index contributed by atoms with van der Waals surface area (Å²) in [5.41, 5.74) is -1.29. The summed E-state index contributed by atoms with van der Waals surface area (Å²) in [5.74, 6) is -0.924. The zero-order valence-electron chi connectivity index (χ0n) is 25.7. The molecule has 1 aliphatic heterocycles. The Hall–Kier alpha value is -2.72. The third kappa shape index (κ3) is 8.47. The second-order valence-electron chi connectivity index (χ2n) is 11.0. The van der Waals surface area contributed by atoms with Gasteiger partial charge < -0.3 is 29.2 Å². The number of ether oxygens (including phenoxy) is 4. The molecule has 0 aliphatic carbocycles. The summed E-state index contributed by atoms with van der Waals surface area (Å²) in [6, 6.07) is -1.11. The average molecular weight is 632 g/mol. The Morgan fingerprint density at radius 1 is 1.23 bits per heavy atom. The van der Waals surface area contributed by atoms with Gasteiger partial charge >= 0.3 is 19.7 Å². The van der Waals surface area contributed by atoms with Crippen LogP contribution in [-0.4, -0.2) is 98.6 Å². The second-order valence-corrected chi connectivity index (χ2v) is 12.7. The fourth-order valence-electron chi connectivity index (χ4n) is 4.49. The molecule has 1 saturated heterocycles. The zero-order valence-corrected chi connectivity index (χ0v) is 26.6. The number of aliphatic hydroxyl groups excluding tert-OH is 1. The van der Waals surface area contributed by atoms with Crippen molar-refractivity contribution in [2.75, 3.05) is 26.9 Å². The van der Waals surface area contributed by atoms with Crippen molar-refractivity contribution in [3.05, 3.63) is 12.2 Å². The fourth-order valence-corrected chi connectivity index (χ4v) is 5.92. The van der Waals surface area contributed by atoms with Gasteiger partial charge in [0.25, 0.3) is 0 Å². The van der Waals surface area contributed by atoms with Gasteiger partial charge in [-0.1, -0.05) is 13.8 Å². The first-order valence-electron chi connectivity index (χ1n) is 14.0. The molecule has 6 atom stereocenters.